The smallest absolute Gasteiger partial charge is 0.337 e. The molecule has 2 heterocycles. The number of aromatic nitrogens is 2. The molecule has 0 spiro atoms. The van der Waals surface area contributed by atoms with Crippen molar-refractivity contribution in [3.63, 3.8) is 0 Å². The van der Waals surface area contributed by atoms with Crippen molar-refractivity contribution in [2.75, 3.05) is 0 Å². The van der Waals surface area contributed by atoms with Crippen molar-refractivity contribution < 1.29 is 14.3 Å². The summed E-state index contributed by atoms with van der Waals surface area (Å²) in [5.41, 5.74) is 2.59. The molecule has 0 aliphatic carbocycles. The fourth-order valence-electron chi connectivity index (χ4n) is 2.20. The third-order valence-electron chi connectivity index (χ3n) is 3.12. The van der Waals surface area contributed by atoms with Crippen LogP contribution in [0.5, 0.6) is 0 Å². The van der Waals surface area contributed by atoms with E-state index in [1.807, 2.05) is 23.6 Å². The summed E-state index contributed by atoms with van der Waals surface area (Å²) in [5.74, 6) is -0.177. The maximum Gasteiger partial charge on any atom is 0.337 e. The molecule has 5 nitrogen and oxygen atoms in total. The highest BCUT2D eigenvalue weighted by atomic mass is 16.4. The lowest BCUT2D eigenvalue weighted by molar-refractivity contribution is 0.0699. The largest absolute Gasteiger partial charge is 0.478 e. The van der Waals surface area contributed by atoms with Gasteiger partial charge in [-0.15, -0.1) is 0 Å². The molecule has 2 aromatic heterocycles. The molecule has 3 aromatic rings. The number of para-hydroxylation sites is 1. The molecule has 5 heteroatoms. The number of furan rings is 1. The second-order valence-electron chi connectivity index (χ2n) is 4.36. The molecule has 0 amide bonds. The zero-order valence-electron chi connectivity index (χ0n) is 10.3. The fraction of sp³-hybridized carbons (Fsp3) is 0.143. The fourth-order valence-corrected chi connectivity index (χ4v) is 2.20. The lowest BCUT2D eigenvalue weighted by atomic mass is 10.2. The lowest BCUT2D eigenvalue weighted by Gasteiger charge is -2.04. The van der Waals surface area contributed by atoms with Gasteiger partial charge in [-0.1, -0.05) is 6.07 Å². The second-order valence-corrected chi connectivity index (χ2v) is 4.36. The Hall–Kier alpha value is -2.56. The molecule has 1 N–H and O–H groups in total. The Morgan fingerprint density at radius 1 is 1.42 bits per heavy atom. The molecule has 1 aromatic carbocycles. The molecule has 0 unspecified atom stereocenters. The van der Waals surface area contributed by atoms with Crippen LogP contribution < -0.4 is 0 Å². The summed E-state index contributed by atoms with van der Waals surface area (Å²) in [4.78, 5) is 15.6. The van der Waals surface area contributed by atoms with E-state index in [2.05, 4.69) is 4.98 Å². The average molecular weight is 256 g/mol. The molecule has 0 bridgehead atoms. The molecule has 0 fully saturated rings. The van der Waals surface area contributed by atoms with Gasteiger partial charge in [-0.25, -0.2) is 9.78 Å². The summed E-state index contributed by atoms with van der Waals surface area (Å²) in [7, 11) is 0. The van der Waals surface area contributed by atoms with Gasteiger partial charge in [0.25, 0.3) is 0 Å². The minimum Gasteiger partial charge on any atom is -0.478 e. The molecular weight excluding hydrogens is 244 g/mol. The number of carboxylic acid groups (broad SMARTS) is 1. The number of nitrogens with zero attached hydrogens (tertiary/aromatic N) is 2. The van der Waals surface area contributed by atoms with E-state index in [0.717, 1.165) is 16.9 Å². The Labute approximate surface area is 109 Å². The van der Waals surface area contributed by atoms with Crippen molar-refractivity contribution in [1.82, 2.24) is 9.55 Å². The number of hydrogen-bond donors (Lipinski definition) is 1. The maximum absolute atomic E-state index is 11.2. The summed E-state index contributed by atoms with van der Waals surface area (Å²) in [6.07, 6.45) is 3.29. The quantitative estimate of drug-likeness (QED) is 0.782. The maximum atomic E-state index is 11.2. The third-order valence-corrected chi connectivity index (χ3v) is 3.12. The molecule has 0 radical (unpaired) electrons. The summed E-state index contributed by atoms with van der Waals surface area (Å²) < 4.78 is 7.03. The summed E-state index contributed by atoms with van der Waals surface area (Å²) in [6, 6.07) is 7.06. The molecule has 0 aliphatic rings. The van der Waals surface area contributed by atoms with Gasteiger partial charge in [-0.05, 0) is 25.1 Å². The monoisotopic (exact) mass is 256 g/mol. The van der Waals surface area contributed by atoms with Crippen LogP contribution >= 0.6 is 0 Å². The number of carbonyl (C=O) groups is 1. The third kappa shape index (κ3) is 1.89. The number of benzene rings is 1. The molecule has 0 atom stereocenters. The molecule has 0 saturated heterocycles. The first-order chi connectivity index (χ1) is 9.16. The van der Waals surface area contributed by atoms with E-state index in [1.54, 1.807) is 24.7 Å². The van der Waals surface area contributed by atoms with Crippen LogP contribution in [-0.4, -0.2) is 20.6 Å². The number of hydrogen-bond acceptors (Lipinski definition) is 3. The van der Waals surface area contributed by atoms with Gasteiger partial charge < -0.3 is 14.1 Å². The van der Waals surface area contributed by atoms with Crippen molar-refractivity contribution in [3.8, 4) is 0 Å². The van der Waals surface area contributed by atoms with Crippen LogP contribution in [0, 0.1) is 6.92 Å². The number of carboxylic acids is 1. The van der Waals surface area contributed by atoms with Crippen LogP contribution in [0.4, 0.5) is 0 Å². The van der Waals surface area contributed by atoms with Crippen LogP contribution in [0.1, 0.15) is 21.7 Å². The minimum atomic E-state index is -0.960. The number of rotatable bonds is 3. The van der Waals surface area contributed by atoms with E-state index in [9.17, 15) is 9.90 Å². The highest BCUT2D eigenvalue weighted by Crippen LogP contribution is 2.21. The Bertz CT molecular complexity index is 741. The number of aryl methyl sites for hydroxylation is 1. The second kappa shape index (κ2) is 4.28. The SMILES string of the molecule is Cc1nc2c(C(=O)O)cccc2n1Cc1ccoc1. The van der Waals surface area contributed by atoms with Crippen LogP contribution in [0.15, 0.2) is 41.2 Å². The van der Waals surface area contributed by atoms with E-state index >= 15 is 0 Å². The molecule has 0 aliphatic heterocycles. The van der Waals surface area contributed by atoms with Gasteiger partial charge >= 0.3 is 5.97 Å². The van der Waals surface area contributed by atoms with E-state index in [0.29, 0.717) is 12.1 Å². The standard InChI is InChI=1S/C14H12N2O3/c1-9-15-13-11(14(17)18)3-2-4-12(13)16(9)7-10-5-6-19-8-10/h2-6,8H,7H2,1H3,(H,17,18). The Kier molecular flexibility index (Phi) is 2.59. The van der Waals surface area contributed by atoms with E-state index in [1.165, 1.54) is 0 Å². The first kappa shape index (κ1) is 11.5. The van der Waals surface area contributed by atoms with Crippen LogP contribution in [-0.2, 0) is 6.54 Å². The van der Waals surface area contributed by atoms with Crippen LogP contribution in [0.25, 0.3) is 11.0 Å². The Morgan fingerprint density at radius 3 is 2.95 bits per heavy atom. The Morgan fingerprint density at radius 2 is 2.26 bits per heavy atom. The van der Waals surface area contributed by atoms with Gasteiger partial charge in [-0.3, -0.25) is 0 Å². The summed E-state index contributed by atoms with van der Waals surface area (Å²) in [5, 5.41) is 9.18. The summed E-state index contributed by atoms with van der Waals surface area (Å²) >= 11 is 0. The first-order valence-electron chi connectivity index (χ1n) is 5.87. The normalized spacial score (nSPS) is 11.0. The van der Waals surface area contributed by atoms with Gasteiger partial charge in [-0.2, -0.15) is 0 Å². The van der Waals surface area contributed by atoms with E-state index < -0.39 is 5.97 Å². The molecule has 3 rings (SSSR count). The van der Waals surface area contributed by atoms with E-state index in [-0.39, 0.29) is 5.56 Å². The summed E-state index contributed by atoms with van der Waals surface area (Å²) in [6.45, 7) is 2.48. The highest BCUT2D eigenvalue weighted by Gasteiger charge is 2.15. The topological polar surface area (TPSA) is 68.3 Å². The molecule has 19 heavy (non-hydrogen) atoms. The number of imidazole rings is 1. The number of aromatic carboxylic acids is 1. The van der Waals surface area contributed by atoms with Gasteiger partial charge in [0.1, 0.15) is 11.3 Å². The highest BCUT2D eigenvalue weighted by molar-refractivity contribution is 6.01. The van der Waals surface area contributed by atoms with Gasteiger partial charge in [0.05, 0.1) is 30.2 Å². The molecule has 0 saturated carbocycles. The predicted octanol–water partition coefficient (Wildman–Crippen LogP) is 2.68. The van der Waals surface area contributed by atoms with Gasteiger partial charge in [0, 0.05) is 5.56 Å². The zero-order chi connectivity index (χ0) is 13.4. The zero-order valence-corrected chi connectivity index (χ0v) is 10.3. The molecule has 96 valence electrons. The number of fused-ring (bicyclic) bond motifs is 1. The lowest BCUT2D eigenvalue weighted by Crippen LogP contribution is -2.01. The first-order valence-corrected chi connectivity index (χ1v) is 5.87. The van der Waals surface area contributed by atoms with Gasteiger partial charge in [0.15, 0.2) is 0 Å². The minimum absolute atomic E-state index is 0.228. The van der Waals surface area contributed by atoms with Crippen molar-refractivity contribution in [2.24, 2.45) is 0 Å². The van der Waals surface area contributed by atoms with Crippen molar-refractivity contribution >= 4 is 17.0 Å². The van der Waals surface area contributed by atoms with Crippen LogP contribution in [0.3, 0.4) is 0 Å². The van der Waals surface area contributed by atoms with Crippen LogP contribution in [0.2, 0.25) is 0 Å². The Balaban J connectivity index is 2.17. The van der Waals surface area contributed by atoms with Gasteiger partial charge in [0.2, 0.25) is 0 Å². The average Bonchev–Trinajstić information content (AvgIpc) is 2.98. The van der Waals surface area contributed by atoms with Crippen molar-refractivity contribution in [1.29, 1.82) is 0 Å². The van der Waals surface area contributed by atoms with E-state index in [4.69, 9.17) is 4.42 Å². The molecular formula is C14H12N2O3. The van der Waals surface area contributed by atoms with Crippen molar-refractivity contribution in [2.45, 2.75) is 13.5 Å². The predicted molar refractivity (Wildman–Crippen MR) is 69.2 cm³/mol. The van der Waals surface area contributed by atoms with Crippen molar-refractivity contribution in [3.05, 3.63) is 53.7 Å².